The summed E-state index contributed by atoms with van der Waals surface area (Å²) < 4.78 is 1.01. The molecule has 1 aromatic rings. The van der Waals surface area contributed by atoms with Gasteiger partial charge in [0.2, 0.25) is 0 Å². The molecule has 110 valence electrons. The SMILES string of the molecule is Cc1ccc(Br)cc1[C@H]1CN(C(C)(C)C)C[C@@H]1C(=O)O. The maximum Gasteiger partial charge on any atom is 0.308 e. The largest absolute Gasteiger partial charge is 0.481 e. The van der Waals surface area contributed by atoms with Crippen molar-refractivity contribution in [3.05, 3.63) is 33.8 Å². The summed E-state index contributed by atoms with van der Waals surface area (Å²) in [6, 6.07) is 6.13. The predicted molar refractivity (Wildman–Crippen MR) is 84.1 cm³/mol. The number of hydrogen-bond acceptors (Lipinski definition) is 2. The number of carbonyl (C=O) groups is 1. The van der Waals surface area contributed by atoms with Crippen LogP contribution in [0.2, 0.25) is 0 Å². The molecule has 0 aliphatic carbocycles. The van der Waals surface area contributed by atoms with Crippen LogP contribution < -0.4 is 0 Å². The van der Waals surface area contributed by atoms with Gasteiger partial charge in [-0.2, -0.15) is 0 Å². The Balaban J connectivity index is 2.38. The molecule has 0 amide bonds. The molecule has 2 rings (SSSR count). The molecule has 20 heavy (non-hydrogen) atoms. The van der Waals surface area contributed by atoms with E-state index >= 15 is 0 Å². The third kappa shape index (κ3) is 3.07. The van der Waals surface area contributed by atoms with E-state index in [1.807, 2.05) is 6.07 Å². The molecular formula is C16H22BrNO2. The normalized spacial score (nSPS) is 24.1. The van der Waals surface area contributed by atoms with Crippen LogP contribution in [0.15, 0.2) is 22.7 Å². The van der Waals surface area contributed by atoms with Gasteiger partial charge in [0.05, 0.1) is 5.92 Å². The van der Waals surface area contributed by atoms with Gasteiger partial charge in [0, 0.05) is 29.0 Å². The Bertz CT molecular complexity index is 522. The number of aryl methyl sites for hydroxylation is 1. The van der Waals surface area contributed by atoms with Gasteiger partial charge in [0.25, 0.3) is 0 Å². The van der Waals surface area contributed by atoms with Crippen molar-refractivity contribution in [2.45, 2.75) is 39.2 Å². The van der Waals surface area contributed by atoms with Crippen LogP contribution in [0.3, 0.4) is 0 Å². The number of carboxylic acids is 1. The Labute approximate surface area is 129 Å². The van der Waals surface area contributed by atoms with E-state index in [0.717, 1.165) is 16.6 Å². The molecule has 0 bridgehead atoms. The second-order valence-electron chi connectivity index (χ2n) is 6.63. The zero-order valence-corrected chi connectivity index (χ0v) is 14.1. The number of halogens is 1. The maximum atomic E-state index is 11.6. The number of likely N-dealkylation sites (tertiary alicyclic amines) is 1. The molecule has 1 saturated heterocycles. The van der Waals surface area contributed by atoms with Crippen LogP contribution >= 0.6 is 15.9 Å². The lowest BCUT2D eigenvalue weighted by Gasteiger charge is -2.31. The highest BCUT2D eigenvalue weighted by molar-refractivity contribution is 9.10. The summed E-state index contributed by atoms with van der Waals surface area (Å²) in [5, 5.41) is 9.55. The van der Waals surface area contributed by atoms with E-state index < -0.39 is 5.97 Å². The van der Waals surface area contributed by atoms with Crippen molar-refractivity contribution in [3.8, 4) is 0 Å². The molecule has 1 aliphatic rings. The molecule has 1 fully saturated rings. The predicted octanol–water partition coefficient (Wildman–Crippen LogP) is 3.66. The average molecular weight is 340 g/mol. The molecule has 0 saturated carbocycles. The van der Waals surface area contributed by atoms with E-state index in [4.69, 9.17) is 0 Å². The van der Waals surface area contributed by atoms with Crippen molar-refractivity contribution in [1.82, 2.24) is 4.90 Å². The highest BCUT2D eigenvalue weighted by atomic mass is 79.9. The second-order valence-corrected chi connectivity index (χ2v) is 7.54. The maximum absolute atomic E-state index is 11.6. The number of aliphatic carboxylic acids is 1. The number of hydrogen-bond donors (Lipinski definition) is 1. The van der Waals surface area contributed by atoms with Crippen molar-refractivity contribution in [3.63, 3.8) is 0 Å². The summed E-state index contributed by atoms with van der Waals surface area (Å²) in [6.07, 6.45) is 0. The van der Waals surface area contributed by atoms with E-state index in [9.17, 15) is 9.90 Å². The van der Waals surface area contributed by atoms with Gasteiger partial charge in [0.15, 0.2) is 0 Å². The first-order valence-electron chi connectivity index (χ1n) is 6.94. The zero-order valence-electron chi connectivity index (χ0n) is 12.5. The van der Waals surface area contributed by atoms with Crippen LogP contribution in [0.5, 0.6) is 0 Å². The number of carboxylic acid groups (broad SMARTS) is 1. The molecule has 1 N–H and O–H groups in total. The number of nitrogens with zero attached hydrogens (tertiary/aromatic N) is 1. The topological polar surface area (TPSA) is 40.5 Å². The minimum atomic E-state index is -0.693. The van der Waals surface area contributed by atoms with Crippen LogP contribution in [0, 0.1) is 12.8 Å². The minimum Gasteiger partial charge on any atom is -0.481 e. The van der Waals surface area contributed by atoms with Gasteiger partial charge >= 0.3 is 5.97 Å². The lowest BCUT2D eigenvalue weighted by molar-refractivity contribution is -0.141. The van der Waals surface area contributed by atoms with Crippen molar-refractivity contribution < 1.29 is 9.90 Å². The van der Waals surface area contributed by atoms with E-state index in [1.165, 1.54) is 5.56 Å². The van der Waals surface area contributed by atoms with Gasteiger partial charge in [-0.25, -0.2) is 0 Å². The zero-order chi connectivity index (χ0) is 15.1. The molecule has 4 heteroatoms. The average Bonchev–Trinajstić information content (AvgIpc) is 2.77. The summed E-state index contributed by atoms with van der Waals surface area (Å²) in [4.78, 5) is 13.9. The first-order valence-corrected chi connectivity index (χ1v) is 7.73. The van der Waals surface area contributed by atoms with Crippen LogP contribution in [0.4, 0.5) is 0 Å². The Morgan fingerprint density at radius 3 is 2.55 bits per heavy atom. The third-order valence-electron chi connectivity index (χ3n) is 4.23. The Kier molecular flexibility index (Phi) is 4.26. The van der Waals surface area contributed by atoms with Crippen LogP contribution in [-0.4, -0.2) is 34.6 Å². The summed E-state index contributed by atoms with van der Waals surface area (Å²) in [6.45, 7) is 9.90. The van der Waals surface area contributed by atoms with Gasteiger partial charge < -0.3 is 5.11 Å². The van der Waals surface area contributed by atoms with Crippen LogP contribution in [-0.2, 0) is 4.79 Å². The first kappa shape index (κ1) is 15.5. The molecule has 0 radical (unpaired) electrons. The molecular weight excluding hydrogens is 318 g/mol. The van der Waals surface area contributed by atoms with Crippen molar-refractivity contribution in [1.29, 1.82) is 0 Å². The fraction of sp³-hybridized carbons (Fsp3) is 0.562. The molecule has 0 spiro atoms. The third-order valence-corrected chi connectivity index (χ3v) is 4.72. The minimum absolute atomic E-state index is 0.00235. The van der Waals surface area contributed by atoms with Gasteiger partial charge in [-0.15, -0.1) is 0 Å². The van der Waals surface area contributed by atoms with Crippen molar-refractivity contribution in [2.75, 3.05) is 13.1 Å². The van der Waals surface area contributed by atoms with E-state index in [0.29, 0.717) is 6.54 Å². The Hall–Kier alpha value is -0.870. The summed E-state index contributed by atoms with van der Waals surface area (Å²) in [5.74, 6) is -0.965. The van der Waals surface area contributed by atoms with Gasteiger partial charge in [0.1, 0.15) is 0 Å². The smallest absolute Gasteiger partial charge is 0.308 e. The first-order chi connectivity index (χ1) is 9.20. The Morgan fingerprint density at radius 2 is 2.00 bits per heavy atom. The van der Waals surface area contributed by atoms with E-state index in [1.54, 1.807) is 0 Å². The molecule has 2 atom stereocenters. The quantitative estimate of drug-likeness (QED) is 0.893. The lowest BCUT2D eigenvalue weighted by Crippen LogP contribution is -2.40. The standard InChI is InChI=1S/C16H22BrNO2/c1-10-5-6-11(17)7-12(10)13-8-18(16(2,3)4)9-14(13)15(19)20/h5-7,13-14H,8-9H2,1-4H3,(H,19,20)/t13-,14+/m1/s1. The molecule has 1 aliphatic heterocycles. The van der Waals surface area contributed by atoms with E-state index in [-0.39, 0.29) is 17.4 Å². The molecule has 0 aromatic heterocycles. The molecule has 1 heterocycles. The van der Waals surface area contributed by atoms with Gasteiger partial charge in [-0.1, -0.05) is 22.0 Å². The summed E-state index contributed by atoms with van der Waals surface area (Å²) >= 11 is 3.49. The fourth-order valence-electron chi connectivity index (χ4n) is 2.93. The van der Waals surface area contributed by atoms with Gasteiger partial charge in [-0.05, 0) is 51.0 Å². The summed E-state index contributed by atoms with van der Waals surface area (Å²) in [7, 11) is 0. The monoisotopic (exact) mass is 339 g/mol. The Morgan fingerprint density at radius 1 is 1.35 bits per heavy atom. The highest BCUT2D eigenvalue weighted by Gasteiger charge is 2.42. The molecule has 0 unspecified atom stereocenters. The van der Waals surface area contributed by atoms with Crippen molar-refractivity contribution >= 4 is 21.9 Å². The highest BCUT2D eigenvalue weighted by Crippen LogP contribution is 2.38. The lowest BCUT2D eigenvalue weighted by atomic mass is 9.86. The van der Waals surface area contributed by atoms with Crippen LogP contribution in [0.1, 0.15) is 37.8 Å². The number of benzene rings is 1. The second kappa shape index (κ2) is 5.49. The van der Waals surface area contributed by atoms with Crippen LogP contribution in [0.25, 0.3) is 0 Å². The van der Waals surface area contributed by atoms with Crippen molar-refractivity contribution in [2.24, 2.45) is 5.92 Å². The number of rotatable bonds is 2. The molecule has 3 nitrogen and oxygen atoms in total. The summed E-state index contributed by atoms with van der Waals surface area (Å²) in [5.41, 5.74) is 2.32. The van der Waals surface area contributed by atoms with Gasteiger partial charge in [-0.3, -0.25) is 9.69 Å². The molecule has 1 aromatic carbocycles. The fourth-order valence-corrected chi connectivity index (χ4v) is 3.31. The van der Waals surface area contributed by atoms with E-state index in [2.05, 4.69) is 60.7 Å².